The maximum Gasteiger partial charge on any atom is 0.280 e. The number of piperidine rings is 1. The SMILES string of the molecule is Cc1c(C(=O)N2CCN(C)c3ccccc32)nnn1C1CCNCC1.Cl.Cl. The van der Waals surface area contributed by atoms with Gasteiger partial charge in [-0.05, 0) is 45.0 Å². The van der Waals surface area contributed by atoms with Crippen LogP contribution in [0.25, 0.3) is 0 Å². The highest BCUT2D eigenvalue weighted by Crippen LogP contribution is 2.33. The highest BCUT2D eigenvalue weighted by Gasteiger charge is 2.30. The number of carbonyl (C=O) groups excluding carboxylic acids is 1. The summed E-state index contributed by atoms with van der Waals surface area (Å²) in [6.45, 7) is 5.39. The molecule has 1 aromatic carbocycles. The molecule has 0 atom stereocenters. The van der Waals surface area contributed by atoms with Gasteiger partial charge in [-0.3, -0.25) is 4.79 Å². The van der Waals surface area contributed by atoms with E-state index in [0.717, 1.165) is 49.5 Å². The summed E-state index contributed by atoms with van der Waals surface area (Å²) in [6.07, 6.45) is 2.05. The van der Waals surface area contributed by atoms with E-state index < -0.39 is 0 Å². The molecule has 0 saturated carbocycles. The number of carbonyl (C=O) groups is 1. The summed E-state index contributed by atoms with van der Waals surface area (Å²) < 4.78 is 1.94. The monoisotopic (exact) mass is 412 g/mol. The number of halogens is 2. The predicted octanol–water partition coefficient (Wildman–Crippen LogP) is 2.45. The van der Waals surface area contributed by atoms with E-state index in [2.05, 4.69) is 27.6 Å². The first-order valence-electron chi connectivity index (χ1n) is 8.91. The van der Waals surface area contributed by atoms with Crippen molar-refractivity contribution < 1.29 is 4.79 Å². The molecule has 2 aliphatic rings. The predicted molar refractivity (Wildman–Crippen MR) is 112 cm³/mol. The van der Waals surface area contributed by atoms with Crippen LogP contribution in [0.4, 0.5) is 11.4 Å². The largest absolute Gasteiger partial charge is 0.371 e. The maximum absolute atomic E-state index is 13.2. The molecule has 27 heavy (non-hydrogen) atoms. The van der Waals surface area contributed by atoms with Crippen molar-refractivity contribution in [1.29, 1.82) is 0 Å². The first kappa shape index (κ1) is 21.5. The first-order valence-corrected chi connectivity index (χ1v) is 8.91. The van der Waals surface area contributed by atoms with Gasteiger partial charge in [0.2, 0.25) is 0 Å². The molecule has 1 aromatic heterocycles. The molecular formula is C18H26Cl2N6O. The van der Waals surface area contributed by atoms with Crippen molar-refractivity contribution in [2.75, 3.05) is 43.0 Å². The normalized spacial score (nSPS) is 17.0. The van der Waals surface area contributed by atoms with E-state index in [1.54, 1.807) is 0 Å². The van der Waals surface area contributed by atoms with E-state index in [1.807, 2.05) is 40.8 Å². The second kappa shape index (κ2) is 8.91. The van der Waals surface area contributed by atoms with Crippen LogP contribution in [0, 0.1) is 6.92 Å². The summed E-state index contributed by atoms with van der Waals surface area (Å²) >= 11 is 0. The minimum atomic E-state index is -0.0572. The zero-order chi connectivity index (χ0) is 17.4. The number of benzene rings is 1. The lowest BCUT2D eigenvalue weighted by Crippen LogP contribution is -2.43. The van der Waals surface area contributed by atoms with Gasteiger partial charge in [0.25, 0.3) is 5.91 Å². The minimum absolute atomic E-state index is 0. The Hall–Kier alpha value is -1.83. The van der Waals surface area contributed by atoms with Crippen molar-refractivity contribution in [2.45, 2.75) is 25.8 Å². The Morgan fingerprint density at radius 1 is 1.11 bits per heavy atom. The Balaban J connectivity index is 0.00000131. The van der Waals surface area contributed by atoms with Gasteiger partial charge < -0.3 is 15.1 Å². The van der Waals surface area contributed by atoms with Gasteiger partial charge in [0.15, 0.2) is 5.69 Å². The van der Waals surface area contributed by atoms with Crippen molar-refractivity contribution in [2.24, 2.45) is 0 Å². The van der Waals surface area contributed by atoms with Crippen LogP contribution >= 0.6 is 24.8 Å². The van der Waals surface area contributed by atoms with Gasteiger partial charge in [-0.25, -0.2) is 4.68 Å². The molecule has 1 N–H and O–H groups in total. The molecule has 1 amide bonds. The second-order valence-electron chi connectivity index (χ2n) is 6.82. The van der Waals surface area contributed by atoms with Gasteiger partial charge in [0.1, 0.15) is 0 Å². The highest BCUT2D eigenvalue weighted by atomic mass is 35.5. The van der Waals surface area contributed by atoms with Crippen molar-refractivity contribution >= 4 is 42.1 Å². The van der Waals surface area contributed by atoms with E-state index in [0.29, 0.717) is 18.3 Å². The van der Waals surface area contributed by atoms with Crippen LogP contribution in [0.1, 0.15) is 35.1 Å². The van der Waals surface area contributed by atoms with Gasteiger partial charge in [0, 0.05) is 20.1 Å². The van der Waals surface area contributed by atoms with E-state index in [-0.39, 0.29) is 30.7 Å². The number of rotatable bonds is 2. The number of likely N-dealkylation sites (N-methyl/N-ethyl adjacent to an activating group) is 1. The number of amides is 1. The average Bonchev–Trinajstić information content (AvgIpc) is 3.04. The lowest BCUT2D eigenvalue weighted by Gasteiger charge is -2.35. The number of para-hydroxylation sites is 2. The molecule has 0 unspecified atom stereocenters. The quantitative estimate of drug-likeness (QED) is 0.820. The van der Waals surface area contributed by atoms with E-state index >= 15 is 0 Å². The molecule has 4 rings (SSSR count). The third-order valence-electron chi connectivity index (χ3n) is 5.27. The standard InChI is InChI=1S/C18H24N6O.2ClH/c1-13-17(20-21-24(13)14-7-9-19-10-8-14)18(25)23-12-11-22(2)15-5-3-4-6-16(15)23;;/h3-6,14,19H,7-12H2,1-2H3;2*1H. The molecule has 0 radical (unpaired) electrons. The van der Waals surface area contributed by atoms with Crippen LogP contribution in [-0.2, 0) is 0 Å². The Kier molecular flexibility index (Phi) is 7.08. The van der Waals surface area contributed by atoms with Crippen molar-refractivity contribution in [1.82, 2.24) is 20.3 Å². The van der Waals surface area contributed by atoms with Crippen LogP contribution in [0.3, 0.4) is 0 Å². The second-order valence-corrected chi connectivity index (χ2v) is 6.82. The zero-order valence-corrected chi connectivity index (χ0v) is 17.2. The van der Waals surface area contributed by atoms with Gasteiger partial charge in [-0.1, -0.05) is 17.3 Å². The molecule has 3 heterocycles. The molecule has 0 spiro atoms. The third-order valence-corrected chi connectivity index (χ3v) is 5.27. The number of hydrogen-bond acceptors (Lipinski definition) is 5. The highest BCUT2D eigenvalue weighted by molar-refractivity contribution is 6.07. The summed E-state index contributed by atoms with van der Waals surface area (Å²) in [6, 6.07) is 8.34. The number of nitrogens with one attached hydrogen (secondary N) is 1. The van der Waals surface area contributed by atoms with Crippen molar-refractivity contribution in [3.63, 3.8) is 0 Å². The fraction of sp³-hybridized carbons (Fsp3) is 0.500. The topological polar surface area (TPSA) is 66.3 Å². The van der Waals surface area contributed by atoms with Gasteiger partial charge in [0.05, 0.1) is 23.1 Å². The molecular weight excluding hydrogens is 387 g/mol. The van der Waals surface area contributed by atoms with Crippen LogP contribution in [0.2, 0.25) is 0 Å². The fourth-order valence-electron chi connectivity index (χ4n) is 3.78. The maximum atomic E-state index is 13.2. The van der Waals surface area contributed by atoms with E-state index in [4.69, 9.17) is 0 Å². The number of nitrogens with zero attached hydrogens (tertiary/aromatic N) is 5. The van der Waals surface area contributed by atoms with E-state index in [1.165, 1.54) is 0 Å². The van der Waals surface area contributed by atoms with Crippen LogP contribution in [0.5, 0.6) is 0 Å². The number of aromatic nitrogens is 3. The van der Waals surface area contributed by atoms with Gasteiger partial charge in [-0.2, -0.15) is 0 Å². The summed E-state index contributed by atoms with van der Waals surface area (Å²) in [5.74, 6) is -0.0572. The Morgan fingerprint density at radius 2 is 1.78 bits per heavy atom. The third kappa shape index (κ3) is 3.90. The van der Waals surface area contributed by atoms with Crippen LogP contribution < -0.4 is 15.1 Å². The average molecular weight is 413 g/mol. The van der Waals surface area contributed by atoms with Crippen LogP contribution in [0.15, 0.2) is 24.3 Å². The summed E-state index contributed by atoms with van der Waals surface area (Å²) in [5.41, 5.74) is 3.36. The molecule has 1 fully saturated rings. The first-order chi connectivity index (χ1) is 12.2. The lowest BCUT2D eigenvalue weighted by atomic mass is 10.1. The van der Waals surface area contributed by atoms with Crippen molar-refractivity contribution in [3.05, 3.63) is 35.7 Å². The summed E-state index contributed by atoms with van der Waals surface area (Å²) in [5, 5.41) is 11.9. The molecule has 0 bridgehead atoms. The lowest BCUT2D eigenvalue weighted by molar-refractivity contribution is 0.0981. The molecule has 0 aliphatic carbocycles. The van der Waals surface area contributed by atoms with Gasteiger partial charge >= 0.3 is 0 Å². The molecule has 1 saturated heterocycles. The van der Waals surface area contributed by atoms with E-state index in [9.17, 15) is 4.79 Å². The zero-order valence-electron chi connectivity index (χ0n) is 15.6. The fourth-order valence-corrected chi connectivity index (χ4v) is 3.78. The summed E-state index contributed by atoms with van der Waals surface area (Å²) in [4.78, 5) is 17.2. The van der Waals surface area contributed by atoms with Crippen LogP contribution in [-0.4, -0.2) is 54.1 Å². The molecule has 2 aromatic rings. The number of hydrogen-bond donors (Lipinski definition) is 1. The number of anilines is 2. The minimum Gasteiger partial charge on any atom is -0.371 e. The Labute approximate surface area is 171 Å². The van der Waals surface area contributed by atoms with Gasteiger partial charge in [-0.15, -0.1) is 29.9 Å². The van der Waals surface area contributed by atoms with Crippen molar-refractivity contribution in [3.8, 4) is 0 Å². The Morgan fingerprint density at radius 3 is 2.48 bits per heavy atom. The Bertz CT molecular complexity index is 790. The molecule has 9 heteroatoms. The smallest absolute Gasteiger partial charge is 0.280 e. The molecule has 2 aliphatic heterocycles. The summed E-state index contributed by atoms with van der Waals surface area (Å²) in [7, 11) is 2.05. The molecule has 148 valence electrons. The number of fused-ring (bicyclic) bond motifs is 1. The molecule has 7 nitrogen and oxygen atoms in total.